The van der Waals surface area contributed by atoms with Gasteiger partial charge in [0.25, 0.3) is 0 Å². The Morgan fingerprint density at radius 2 is 1.52 bits per heavy atom. The van der Waals surface area contributed by atoms with Gasteiger partial charge in [-0.15, -0.1) is 6.58 Å². The molecule has 1 heteroatoms. The molecule has 1 saturated carbocycles. The number of benzene rings is 2. The highest BCUT2D eigenvalue weighted by Crippen LogP contribution is 2.39. The molecular formula is C24H30O. The van der Waals surface area contributed by atoms with Crippen LogP contribution in [-0.2, 0) is 11.3 Å². The van der Waals surface area contributed by atoms with Gasteiger partial charge in [-0.1, -0.05) is 86.4 Å². The van der Waals surface area contributed by atoms with E-state index >= 15 is 0 Å². The maximum atomic E-state index is 5.57. The third-order valence-corrected chi connectivity index (χ3v) is 5.37. The molecule has 3 rings (SSSR count). The van der Waals surface area contributed by atoms with E-state index in [9.17, 15) is 0 Å². The van der Waals surface area contributed by atoms with Crippen LogP contribution in [0.4, 0.5) is 0 Å². The summed E-state index contributed by atoms with van der Waals surface area (Å²) in [6, 6.07) is 20.2. The minimum atomic E-state index is 0.516. The average molecular weight is 335 g/mol. The maximum absolute atomic E-state index is 5.57. The van der Waals surface area contributed by atoms with Crippen molar-refractivity contribution in [3.8, 4) is 0 Å². The van der Waals surface area contributed by atoms with E-state index in [4.69, 9.17) is 4.74 Å². The fourth-order valence-corrected chi connectivity index (χ4v) is 4.12. The van der Waals surface area contributed by atoms with Gasteiger partial charge in [0.15, 0.2) is 0 Å². The van der Waals surface area contributed by atoms with Crippen LogP contribution in [0.5, 0.6) is 0 Å². The van der Waals surface area contributed by atoms with Gasteiger partial charge in [-0.3, -0.25) is 0 Å². The van der Waals surface area contributed by atoms with Crippen LogP contribution in [0.15, 0.2) is 67.3 Å². The van der Waals surface area contributed by atoms with Gasteiger partial charge in [0.05, 0.1) is 13.2 Å². The minimum absolute atomic E-state index is 0.516. The van der Waals surface area contributed by atoms with Gasteiger partial charge in [0.2, 0.25) is 0 Å². The monoisotopic (exact) mass is 334 g/mol. The number of rotatable bonds is 7. The van der Waals surface area contributed by atoms with Crippen LogP contribution in [0.3, 0.4) is 0 Å². The van der Waals surface area contributed by atoms with E-state index in [0.717, 1.165) is 5.92 Å². The Balaban J connectivity index is 1.82. The van der Waals surface area contributed by atoms with E-state index in [0.29, 0.717) is 19.1 Å². The van der Waals surface area contributed by atoms with Crippen molar-refractivity contribution < 1.29 is 4.74 Å². The first-order valence-corrected chi connectivity index (χ1v) is 9.71. The van der Waals surface area contributed by atoms with Crippen molar-refractivity contribution in [1.29, 1.82) is 0 Å². The summed E-state index contributed by atoms with van der Waals surface area (Å²) in [5.74, 6) is 1.27. The molecule has 2 aromatic carbocycles. The predicted octanol–water partition coefficient (Wildman–Crippen LogP) is 6.49. The van der Waals surface area contributed by atoms with Crippen molar-refractivity contribution in [2.45, 2.75) is 51.0 Å². The molecule has 0 heterocycles. The van der Waals surface area contributed by atoms with Gasteiger partial charge in [-0.25, -0.2) is 0 Å². The molecule has 0 bridgehead atoms. The van der Waals surface area contributed by atoms with Crippen molar-refractivity contribution in [2.24, 2.45) is 5.92 Å². The van der Waals surface area contributed by atoms with Crippen molar-refractivity contribution in [3.05, 3.63) is 83.9 Å². The summed E-state index contributed by atoms with van der Waals surface area (Å²) < 4.78 is 5.57. The highest BCUT2D eigenvalue weighted by Gasteiger charge is 2.25. The molecule has 1 atom stereocenters. The first-order valence-electron chi connectivity index (χ1n) is 9.71. The van der Waals surface area contributed by atoms with Crippen molar-refractivity contribution in [3.63, 3.8) is 0 Å². The number of hydrogen-bond donors (Lipinski definition) is 0. The van der Waals surface area contributed by atoms with Gasteiger partial charge in [-0.2, -0.15) is 0 Å². The Labute approximate surface area is 152 Å². The highest BCUT2D eigenvalue weighted by atomic mass is 16.5. The fourth-order valence-electron chi connectivity index (χ4n) is 4.12. The summed E-state index contributed by atoms with van der Waals surface area (Å²) in [6.07, 6.45) is 10.1. The molecule has 0 aromatic heterocycles. The van der Waals surface area contributed by atoms with Crippen molar-refractivity contribution in [2.75, 3.05) is 6.61 Å². The van der Waals surface area contributed by atoms with Crippen LogP contribution < -0.4 is 0 Å². The fraction of sp³-hybridized carbons (Fsp3) is 0.417. The molecule has 0 saturated heterocycles. The normalized spacial score (nSPS) is 17.0. The second-order valence-corrected chi connectivity index (χ2v) is 7.19. The van der Waals surface area contributed by atoms with E-state index in [1.54, 1.807) is 6.08 Å². The van der Waals surface area contributed by atoms with Gasteiger partial charge in [0.1, 0.15) is 0 Å². The summed E-state index contributed by atoms with van der Waals surface area (Å²) in [5, 5.41) is 0. The average Bonchev–Trinajstić information content (AvgIpc) is 2.94. The molecule has 1 aliphatic carbocycles. The first kappa shape index (κ1) is 17.9. The zero-order valence-corrected chi connectivity index (χ0v) is 15.2. The molecule has 1 unspecified atom stereocenters. The molecular weight excluding hydrogens is 304 g/mol. The zero-order valence-electron chi connectivity index (χ0n) is 15.2. The Kier molecular flexibility index (Phi) is 6.88. The van der Waals surface area contributed by atoms with E-state index in [1.807, 2.05) is 0 Å². The lowest BCUT2D eigenvalue weighted by atomic mass is 9.77. The Hall–Kier alpha value is -1.86. The molecule has 0 N–H and O–H groups in total. The van der Waals surface area contributed by atoms with E-state index in [-0.39, 0.29) is 0 Å². The van der Waals surface area contributed by atoms with E-state index in [2.05, 4.69) is 61.2 Å². The topological polar surface area (TPSA) is 9.23 Å². The summed E-state index contributed by atoms with van der Waals surface area (Å²) in [5.41, 5.74) is 4.15. The predicted molar refractivity (Wildman–Crippen MR) is 106 cm³/mol. The van der Waals surface area contributed by atoms with Crippen LogP contribution in [0.1, 0.15) is 61.1 Å². The molecule has 0 spiro atoms. The molecule has 2 aromatic rings. The number of hydrogen-bond acceptors (Lipinski definition) is 1. The SMILES string of the molecule is C=CCOCc1ccc(C(c2ccccc2)C2CCCCCC2)cc1. The Bertz CT molecular complexity index is 621. The van der Waals surface area contributed by atoms with Crippen LogP contribution in [0, 0.1) is 5.92 Å². The lowest BCUT2D eigenvalue weighted by Gasteiger charge is -2.27. The minimum Gasteiger partial charge on any atom is -0.373 e. The Morgan fingerprint density at radius 3 is 2.16 bits per heavy atom. The summed E-state index contributed by atoms with van der Waals surface area (Å²) in [6.45, 7) is 4.96. The third kappa shape index (κ3) is 5.06. The second-order valence-electron chi connectivity index (χ2n) is 7.19. The van der Waals surface area contributed by atoms with Gasteiger partial charge in [-0.05, 0) is 35.4 Å². The van der Waals surface area contributed by atoms with Crippen molar-refractivity contribution in [1.82, 2.24) is 0 Å². The summed E-state index contributed by atoms with van der Waals surface area (Å²) >= 11 is 0. The number of ether oxygens (including phenoxy) is 1. The smallest absolute Gasteiger partial charge is 0.0721 e. The van der Waals surface area contributed by atoms with Crippen LogP contribution >= 0.6 is 0 Å². The van der Waals surface area contributed by atoms with Gasteiger partial charge < -0.3 is 4.74 Å². The van der Waals surface area contributed by atoms with Crippen LogP contribution in [0.25, 0.3) is 0 Å². The third-order valence-electron chi connectivity index (χ3n) is 5.37. The van der Waals surface area contributed by atoms with Gasteiger partial charge >= 0.3 is 0 Å². The zero-order chi connectivity index (χ0) is 17.3. The molecule has 0 aliphatic heterocycles. The van der Waals surface area contributed by atoms with Gasteiger partial charge in [0, 0.05) is 5.92 Å². The lowest BCUT2D eigenvalue weighted by Crippen LogP contribution is -2.14. The quantitative estimate of drug-likeness (QED) is 0.319. The molecule has 0 amide bonds. The van der Waals surface area contributed by atoms with E-state index in [1.165, 1.54) is 55.2 Å². The summed E-state index contributed by atoms with van der Waals surface area (Å²) in [4.78, 5) is 0. The Morgan fingerprint density at radius 1 is 0.880 bits per heavy atom. The van der Waals surface area contributed by atoms with Crippen molar-refractivity contribution >= 4 is 0 Å². The molecule has 0 radical (unpaired) electrons. The molecule has 1 nitrogen and oxygen atoms in total. The highest BCUT2D eigenvalue weighted by molar-refractivity contribution is 5.35. The largest absolute Gasteiger partial charge is 0.373 e. The molecule has 1 fully saturated rings. The van der Waals surface area contributed by atoms with E-state index < -0.39 is 0 Å². The lowest BCUT2D eigenvalue weighted by molar-refractivity contribution is 0.149. The molecule has 132 valence electrons. The standard InChI is InChI=1S/C24H30O/c1-2-18-25-19-20-14-16-23(17-15-20)24(22-12-8-5-9-13-22)21-10-6-3-4-7-11-21/h2,5,8-9,12-17,21,24H,1,3-4,6-7,10-11,18-19H2. The second kappa shape index (κ2) is 9.58. The van der Waals surface area contributed by atoms with Crippen LogP contribution in [-0.4, -0.2) is 6.61 Å². The molecule has 25 heavy (non-hydrogen) atoms. The van der Waals surface area contributed by atoms with Crippen LogP contribution in [0.2, 0.25) is 0 Å². The maximum Gasteiger partial charge on any atom is 0.0721 e. The summed E-state index contributed by atoms with van der Waals surface area (Å²) in [7, 11) is 0. The molecule has 1 aliphatic rings. The first-order chi connectivity index (χ1) is 12.4.